The number of anilines is 2. The van der Waals surface area contributed by atoms with Crippen LogP contribution >= 0.6 is 0 Å². The van der Waals surface area contributed by atoms with Crippen molar-refractivity contribution in [2.45, 2.75) is 40.2 Å². The lowest BCUT2D eigenvalue weighted by Gasteiger charge is -2.40. The Morgan fingerprint density at radius 2 is 1.38 bits per heavy atom. The predicted octanol–water partition coefficient (Wildman–Crippen LogP) is 6.25. The zero-order chi connectivity index (χ0) is 33.7. The van der Waals surface area contributed by atoms with Crippen molar-refractivity contribution in [1.29, 1.82) is 0 Å². The zero-order valence-electron chi connectivity index (χ0n) is 27.8. The van der Waals surface area contributed by atoms with Crippen LogP contribution in [0.25, 0.3) is 10.8 Å². The minimum absolute atomic E-state index is 0.0513. The van der Waals surface area contributed by atoms with Crippen molar-refractivity contribution in [1.82, 2.24) is 0 Å². The first-order chi connectivity index (χ1) is 23.2. The van der Waals surface area contributed by atoms with E-state index in [-0.39, 0.29) is 25.6 Å². The second-order valence-electron chi connectivity index (χ2n) is 12.9. The molecule has 7 nitrogen and oxygen atoms in total. The van der Waals surface area contributed by atoms with Crippen molar-refractivity contribution in [3.63, 3.8) is 0 Å². The molecule has 5 aromatic rings. The van der Waals surface area contributed by atoms with Crippen LogP contribution in [0.5, 0.6) is 0 Å². The molecule has 1 aliphatic carbocycles. The number of ketones is 1. The van der Waals surface area contributed by atoms with Crippen LogP contribution in [0.2, 0.25) is 0 Å². The van der Waals surface area contributed by atoms with Crippen molar-refractivity contribution >= 4 is 52.3 Å². The fourth-order valence-corrected chi connectivity index (χ4v) is 7.86. The molecule has 1 N–H and O–H groups in total. The Bertz CT molecular complexity index is 2100. The van der Waals surface area contributed by atoms with E-state index < -0.39 is 17.4 Å². The van der Waals surface area contributed by atoms with Crippen LogP contribution in [0.15, 0.2) is 91.0 Å². The van der Waals surface area contributed by atoms with Crippen LogP contribution < -0.4 is 15.5 Å². The molecule has 0 fully saturated rings. The van der Waals surface area contributed by atoms with Gasteiger partial charge in [0.15, 0.2) is 11.2 Å². The molecule has 0 radical (unpaired) electrons. The lowest BCUT2D eigenvalue weighted by Crippen LogP contribution is -2.58. The largest absolute Gasteiger partial charge is 0.468 e. The SMILES string of the molecule is COC(=O)C1(C(=O)OC)Cc2c(C)c(C)c(B3Nc4c(C(=O)c5ccccc5)ccc5cccc(c45)N3Cc3ccccc3)c(C)c2C1. The lowest BCUT2D eigenvalue weighted by molar-refractivity contribution is -0.168. The van der Waals surface area contributed by atoms with Crippen LogP contribution in [0.1, 0.15) is 49.3 Å². The summed E-state index contributed by atoms with van der Waals surface area (Å²) in [5.74, 6) is -1.23. The Hall–Kier alpha value is -5.37. The molecule has 8 heteroatoms. The summed E-state index contributed by atoms with van der Waals surface area (Å²) in [6, 6.07) is 29.9. The minimum atomic E-state index is -1.44. The normalized spacial score (nSPS) is 14.4. The molecule has 0 saturated carbocycles. The van der Waals surface area contributed by atoms with Crippen molar-refractivity contribution in [3.8, 4) is 0 Å². The molecule has 7 rings (SSSR count). The molecule has 2 aliphatic rings. The lowest BCUT2D eigenvalue weighted by atomic mass is 9.58. The number of nitrogens with one attached hydrogen (secondary N) is 1. The molecule has 0 aromatic heterocycles. The van der Waals surface area contributed by atoms with Gasteiger partial charge in [0.1, 0.15) is 0 Å². The monoisotopic (exact) mass is 636 g/mol. The van der Waals surface area contributed by atoms with Gasteiger partial charge in [-0.2, -0.15) is 0 Å². The van der Waals surface area contributed by atoms with E-state index in [1.54, 1.807) is 0 Å². The van der Waals surface area contributed by atoms with Crippen molar-refractivity contribution in [2.24, 2.45) is 5.41 Å². The molecular formula is C40H37BN2O5. The van der Waals surface area contributed by atoms with Gasteiger partial charge >= 0.3 is 18.9 Å². The summed E-state index contributed by atoms with van der Waals surface area (Å²) in [5, 5.41) is 5.91. The van der Waals surface area contributed by atoms with E-state index in [1.165, 1.54) is 14.2 Å². The van der Waals surface area contributed by atoms with Gasteiger partial charge in [0.25, 0.3) is 0 Å². The van der Waals surface area contributed by atoms with Crippen molar-refractivity contribution in [3.05, 3.63) is 136 Å². The third kappa shape index (κ3) is 4.77. The van der Waals surface area contributed by atoms with E-state index in [4.69, 9.17) is 9.47 Å². The third-order valence-corrected chi connectivity index (χ3v) is 10.4. The number of fused-ring (bicyclic) bond motifs is 1. The number of hydrogen-bond acceptors (Lipinski definition) is 7. The molecule has 5 aromatic carbocycles. The van der Waals surface area contributed by atoms with Gasteiger partial charge in [0, 0.05) is 47.3 Å². The van der Waals surface area contributed by atoms with E-state index in [0.717, 1.165) is 61.0 Å². The second kappa shape index (κ2) is 12.0. The highest BCUT2D eigenvalue weighted by Crippen LogP contribution is 2.45. The van der Waals surface area contributed by atoms with Crippen LogP contribution in [-0.4, -0.2) is 38.9 Å². The number of ether oxygens (including phenoxy) is 2. The fourth-order valence-electron chi connectivity index (χ4n) is 7.86. The van der Waals surface area contributed by atoms with Gasteiger partial charge in [-0.25, -0.2) is 0 Å². The molecule has 0 spiro atoms. The first-order valence-corrected chi connectivity index (χ1v) is 16.2. The second-order valence-corrected chi connectivity index (χ2v) is 12.9. The average molecular weight is 637 g/mol. The summed E-state index contributed by atoms with van der Waals surface area (Å²) >= 11 is 0. The van der Waals surface area contributed by atoms with Crippen LogP contribution in [-0.2, 0) is 38.4 Å². The van der Waals surface area contributed by atoms with Gasteiger partial charge in [-0.3, -0.25) is 14.4 Å². The highest BCUT2D eigenvalue weighted by atomic mass is 16.5. The molecule has 0 bridgehead atoms. The Balaban J connectivity index is 1.45. The van der Waals surface area contributed by atoms with E-state index in [1.807, 2.05) is 60.7 Å². The van der Waals surface area contributed by atoms with E-state index in [0.29, 0.717) is 17.7 Å². The fraction of sp³-hybridized carbons (Fsp3) is 0.225. The van der Waals surface area contributed by atoms with Crippen molar-refractivity contribution < 1.29 is 23.9 Å². The maximum atomic E-state index is 14.1. The molecule has 0 unspecified atom stereocenters. The number of hydrogen-bond donors (Lipinski definition) is 1. The van der Waals surface area contributed by atoms with E-state index in [2.05, 4.69) is 61.1 Å². The van der Waals surface area contributed by atoms with E-state index >= 15 is 0 Å². The summed E-state index contributed by atoms with van der Waals surface area (Å²) in [4.78, 5) is 42.9. The summed E-state index contributed by atoms with van der Waals surface area (Å²) in [6.45, 7) is 6.48. The van der Waals surface area contributed by atoms with Gasteiger partial charge < -0.3 is 19.5 Å². The average Bonchev–Trinajstić information content (AvgIpc) is 3.55. The number of carbonyl (C=O) groups is 3. The van der Waals surface area contributed by atoms with Gasteiger partial charge in [0.2, 0.25) is 0 Å². The Labute approximate surface area is 281 Å². The number of benzene rings is 5. The molecule has 48 heavy (non-hydrogen) atoms. The molecule has 240 valence electrons. The topological polar surface area (TPSA) is 84.9 Å². The Morgan fingerprint density at radius 3 is 2.02 bits per heavy atom. The molecule has 0 atom stereocenters. The van der Waals surface area contributed by atoms with Gasteiger partial charge in [0.05, 0.1) is 14.2 Å². The summed E-state index contributed by atoms with van der Waals surface area (Å²) in [7, 11) is 2.62. The maximum Gasteiger partial charge on any atom is 0.409 e. The molecule has 0 amide bonds. The smallest absolute Gasteiger partial charge is 0.409 e. The first kappa shape index (κ1) is 31.2. The maximum absolute atomic E-state index is 14.1. The molecule has 1 heterocycles. The van der Waals surface area contributed by atoms with E-state index in [9.17, 15) is 14.4 Å². The zero-order valence-corrected chi connectivity index (χ0v) is 27.8. The minimum Gasteiger partial charge on any atom is -0.468 e. The number of carbonyl (C=O) groups excluding carboxylic acids is 3. The highest BCUT2D eigenvalue weighted by molar-refractivity contribution is 6.81. The summed E-state index contributed by atoms with van der Waals surface area (Å²) in [5.41, 5.74) is 8.84. The van der Waals surface area contributed by atoms with Gasteiger partial charge in [-0.15, -0.1) is 0 Å². The Morgan fingerprint density at radius 1 is 0.750 bits per heavy atom. The van der Waals surface area contributed by atoms with Gasteiger partial charge in [-0.05, 0) is 77.1 Å². The van der Waals surface area contributed by atoms with Crippen LogP contribution in [0, 0.1) is 26.2 Å². The molecule has 0 saturated heterocycles. The van der Waals surface area contributed by atoms with Gasteiger partial charge in [-0.1, -0.05) is 78.9 Å². The molecule has 1 aliphatic heterocycles. The van der Waals surface area contributed by atoms with Crippen molar-refractivity contribution in [2.75, 3.05) is 24.3 Å². The number of rotatable bonds is 7. The standard InChI is InChI=1S/C40H37BN2O5/c1-24-25(2)35(26(3)32-22-40(21-31(24)32,38(45)47-4)39(46)48-5)41-42-36-30(37(44)29-15-10-7-11-16-29)20-19-28-17-12-18-33(34(28)36)43(41)23-27-13-8-6-9-14-27/h6-20,42H,21-23H2,1-5H3. The molecular weight excluding hydrogens is 599 g/mol. The van der Waals surface area contributed by atoms with Crippen LogP contribution in [0.4, 0.5) is 11.4 Å². The first-order valence-electron chi connectivity index (χ1n) is 16.2. The summed E-state index contributed by atoms with van der Waals surface area (Å²) in [6.07, 6.45) is 0.413. The Kier molecular flexibility index (Phi) is 7.82. The number of esters is 2. The van der Waals surface area contributed by atoms with Crippen LogP contribution in [0.3, 0.4) is 0 Å². The number of nitrogens with zero attached hydrogens (tertiary/aromatic N) is 1. The predicted molar refractivity (Wildman–Crippen MR) is 190 cm³/mol. The number of methoxy groups -OCH3 is 2. The third-order valence-electron chi connectivity index (χ3n) is 10.4. The highest BCUT2D eigenvalue weighted by Gasteiger charge is 2.54. The quantitative estimate of drug-likeness (QED) is 0.0978. The summed E-state index contributed by atoms with van der Waals surface area (Å²) < 4.78 is 10.4.